The van der Waals surface area contributed by atoms with E-state index in [2.05, 4.69) is 29.5 Å². The van der Waals surface area contributed by atoms with E-state index in [1.165, 1.54) is 3.57 Å². The summed E-state index contributed by atoms with van der Waals surface area (Å²) in [6.45, 7) is 2.68. The summed E-state index contributed by atoms with van der Waals surface area (Å²) in [5.41, 5.74) is 1.01. The molecule has 2 nitrogen and oxygen atoms in total. The maximum absolute atomic E-state index is 11.4. The maximum atomic E-state index is 11.4. The zero-order valence-electron chi connectivity index (χ0n) is 9.54. The summed E-state index contributed by atoms with van der Waals surface area (Å²) in [5.74, 6) is -0.127. The van der Waals surface area contributed by atoms with Gasteiger partial charge in [0.25, 0.3) is 0 Å². The van der Waals surface area contributed by atoms with Gasteiger partial charge < -0.3 is 4.74 Å². The molecule has 0 aliphatic heterocycles. The van der Waals surface area contributed by atoms with E-state index < -0.39 is 0 Å². The fourth-order valence-electron chi connectivity index (χ4n) is 1.36. The molecule has 0 heterocycles. The molecule has 16 heavy (non-hydrogen) atoms. The zero-order valence-corrected chi connectivity index (χ0v) is 11.7. The third-order valence-electron chi connectivity index (χ3n) is 2.27. The van der Waals surface area contributed by atoms with Crippen molar-refractivity contribution in [3.8, 4) is 0 Å². The van der Waals surface area contributed by atoms with E-state index in [4.69, 9.17) is 4.74 Å². The lowest BCUT2D eigenvalue weighted by Crippen LogP contribution is -2.08. The molecule has 0 amide bonds. The molecular formula is C13H17IO2. The Morgan fingerprint density at radius 2 is 1.94 bits per heavy atom. The van der Waals surface area contributed by atoms with Crippen LogP contribution in [0, 0.1) is 3.57 Å². The van der Waals surface area contributed by atoms with Crippen molar-refractivity contribution >= 4 is 28.6 Å². The number of hydrogen-bond donors (Lipinski definition) is 0. The first kappa shape index (κ1) is 13.5. The second kappa shape index (κ2) is 7.65. The third kappa shape index (κ3) is 5.49. The molecule has 0 saturated heterocycles. The minimum absolute atomic E-state index is 0.127. The Hall–Kier alpha value is -0.580. The van der Waals surface area contributed by atoms with Gasteiger partial charge in [-0.25, -0.2) is 0 Å². The number of carbonyl (C=O) groups excluding carboxylic acids is 1. The summed E-state index contributed by atoms with van der Waals surface area (Å²) in [7, 11) is 0. The van der Waals surface area contributed by atoms with Crippen LogP contribution >= 0.6 is 22.6 Å². The van der Waals surface area contributed by atoms with E-state index in [9.17, 15) is 4.79 Å². The van der Waals surface area contributed by atoms with E-state index in [1.54, 1.807) is 0 Å². The molecule has 0 N–H and O–H groups in total. The van der Waals surface area contributed by atoms with Crippen LogP contribution in [0.1, 0.15) is 31.7 Å². The lowest BCUT2D eigenvalue weighted by molar-refractivity contribution is -0.142. The Morgan fingerprint density at radius 3 is 2.56 bits per heavy atom. The molecule has 0 unspecified atom stereocenters. The molecule has 3 heteroatoms. The topological polar surface area (TPSA) is 26.3 Å². The largest absolute Gasteiger partial charge is 0.465 e. The molecule has 0 saturated carbocycles. The van der Waals surface area contributed by atoms with Crippen LogP contribution < -0.4 is 0 Å². The normalized spacial score (nSPS) is 10.1. The Labute approximate surface area is 111 Å². The van der Waals surface area contributed by atoms with Gasteiger partial charge in [0, 0.05) is 3.57 Å². The molecule has 1 aromatic carbocycles. The number of carbonyl (C=O) groups is 1. The van der Waals surface area contributed by atoms with Gasteiger partial charge in [-0.1, -0.05) is 31.9 Å². The first-order valence-corrected chi connectivity index (χ1v) is 6.70. The minimum atomic E-state index is -0.127. The highest BCUT2D eigenvalue weighted by molar-refractivity contribution is 14.1. The molecule has 0 radical (unpaired) electrons. The van der Waals surface area contributed by atoms with Crippen LogP contribution in [0.25, 0.3) is 0 Å². The van der Waals surface area contributed by atoms with Gasteiger partial charge in [0.1, 0.15) is 0 Å². The zero-order chi connectivity index (χ0) is 11.8. The van der Waals surface area contributed by atoms with Crippen LogP contribution in [0.5, 0.6) is 0 Å². The number of rotatable bonds is 6. The van der Waals surface area contributed by atoms with Gasteiger partial charge in [-0.3, -0.25) is 4.79 Å². The predicted octanol–water partition coefficient (Wildman–Crippen LogP) is 3.57. The molecule has 0 aliphatic rings. The van der Waals surface area contributed by atoms with Crippen molar-refractivity contribution in [3.05, 3.63) is 33.4 Å². The van der Waals surface area contributed by atoms with Gasteiger partial charge >= 0.3 is 5.97 Å². The van der Waals surface area contributed by atoms with Gasteiger partial charge in [-0.15, -0.1) is 0 Å². The van der Waals surface area contributed by atoms with Crippen molar-refractivity contribution in [2.45, 2.75) is 32.6 Å². The van der Waals surface area contributed by atoms with E-state index in [0.717, 1.165) is 24.8 Å². The van der Waals surface area contributed by atoms with Crippen LogP contribution in [0.2, 0.25) is 0 Å². The predicted molar refractivity (Wildman–Crippen MR) is 73.3 cm³/mol. The van der Waals surface area contributed by atoms with Crippen LogP contribution in [-0.4, -0.2) is 12.6 Å². The van der Waals surface area contributed by atoms with Crippen LogP contribution in [0.4, 0.5) is 0 Å². The van der Waals surface area contributed by atoms with Crippen molar-refractivity contribution in [3.63, 3.8) is 0 Å². The van der Waals surface area contributed by atoms with Gasteiger partial charge in [0.05, 0.1) is 13.0 Å². The Morgan fingerprint density at radius 1 is 1.25 bits per heavy atom. The summed E-state index contributed by atoms with van der Waals surface area (Å²) in [5, 5.41) is 0. The van der Waals surface area contributed by atoms with Crippen LogP contribution in [0.15, 0.2) is 24.3 Å². The number of unbranched alkanes of at least 4 members (excludes halogenated alkanes) is 2. The molecule has 0 spiro atoms. The van der Waals surface area contributed by atoms with Gasteiger partial charge in [0.15, 0.2) is 0 Å². The van der Waals surface area contributed by atoms with E-state index in [1.807, 2.05) is 24.3 Å². The molecule has 1 rings (SSSR count). The summed E-state index contributed by atoms with van der Waals surface area (Å²) in [4.78, 5) is 11.4. The number of halogens is 1. The smallest absolute Gasteiger partial charge is 0.310 e. The highest BCUT2D eigenvalue weighted by atomic mass is 127. The van der Waals surface area contributed by atoms with E-state index in [0.29, 0.717) is 13.0 Å². The number of esters is 1. The lowest BCUT2D eigenvalue weighted by Gasteiger charge is -2.04. The minimum Gasteiger partial charge on any atom is -0.465 e. The average molecular weight is 332 g/mol. The fraction of sp³-hybridized carbons (Fsp3) is 0.462. The summed E-state index contributed by atoms with van der Waals surface area (Å²) in [6.07, 6.45) is 3.61. The van der Waals surface area contributed by atoms with Gasteiger partial charge in [-0.2, -0.15) is 0 Å². The molecule has 0 bridgehead atoms. The Balaban J connectivity index is 2.26. The van der Waals surface area contributed by atoms with Gasteiger partial charge in [-0.05, 0) is 46.7 Å². The Bertz CT molecular complexity index is 319. The monoisotopic (exact) mass is 332 g/mol. The highest BCUT2D eigenvalue weighted by Gasteiger charge is 2.04. The molecule has 88 valence electrons. The SMILES string of the molecule is CCCCCOC(=O)Cc1ccc(I)cc1. The highest BCUT2D eigenvalue weighted by Crippen LogP contribution is 2.08. The second-order valence-electron chi connectivity index (χ2n) is 3.73. The van der Waals surface area contributed by atoms with Crippen molar-refractivity contribution in [2.75, 3.05) is 6.61 Å². The van der Waals surface area contributed by atoms with E-state index >= 15 is 0 Å². The Kier molecular flexibility index (Phi) is 6.45. The molecule has 0 atom stereocenters. The second-order valence-corrected chi connectivity index (χ2v) is 4.98. The van der Waals surface area contributed by atoms with Crippen molar-refractivity contribution in [2.24, 2.45) is 0 Å². The third-order valence-corrected chi connectivity index (χ3v) is 2.99. The standard InChI is InChI=1S/C13H17IO2/c1-2-3-4-9-16-13(15)10-11-5-7-12(14)8-6-11/h5-8H,2-4,9-10H2,1H3. The van der Waals surface area contributed by atoms with Gasteiger partial charge in [0.2, 0.25) is 0 Å². The quantitative estimate of drug-likeness (QED) is 0.452. The van der Waals surface area contributed by atoms with E-state index in [-0.39, 0.29) is 5.97 Å². The van der Waals surface area contributed by atoms with Crippen molar-refractivity contribution in [1.82, 2.24) is 0 Å². The maximum Gasteiger partial charge on any atom is 0.310 e. The number of hydrogen-bond acceptors (Lipinski definition) is 2. The van der Waals surface area contributed by atoms with Crippen LogP contribution in [0.3, 0.4) is 0 Å². The fourth-order valence-corrected chi connectivity index (χ4v) is 1.72. The van der Waals surface area contributed by atoms with Crippen molar-refractivity contribution < 1.29 is 9.53 Å². The van der Waals surface area contributed by atoms with Crippen LogP contribution in [-0.2, 0) is 16.0 Å². The number of ether oxygens (including phenoxy) is 1. The lowest BCUT2D eigenvalue weighted by atomic mass is 10.2. The summed E-state index contributed by atoms with van der Waals surface area (Å²) >= 11 is 2.25. The first-order valence-electron chi connectivity index (χ1n) is 5.62. The van der Waals surface area contributed by atoms with Crippen molar-refractivity contribution in [1.29, 1.82) is 0 Å². The first-order chi connectivity index (χ1) is 7.72. The summed E-state index contributed by atoms with van der Waals surface area (Å²) < 4.78 is 6.32. The molecule has 0 aliphatic carbocycles. The molecule has 0 fully saturated rings. The summed E-state index contributed by atoms with van der Waals surface area (Å²) in [6, 6.07) is 7.94. The average Bonchev–Trinajstić information content (AvgIpc) is 2.28. The number of benzene rings is 1. The molecule has 0 aromatic heterocycles. The molecular weight excluding hydrogens is 315 g/mol. The molecule has 1 aromatic rings.